The van der Waals surface area contributed by atoms with Gasteiger partial charge in [-0.2, -0.15) is 9.61 Å². The molecular weight excluding hydrogens is 268 g/mol. The molecule has 0 saturated heterocycles. The first kappa shape index (κ1) is 14.1. The van der Waals surface area contributed by atoms with Crippen LogP contribution < -0.4 is 16.4 Å². The van der Waals surface area contributed by atoms with Crippen LogP contribution in [-0.4, -0.2) is 46.9 Å². The number of nitrogens with two attached hydrogens (primary N) is 1. The highest BCUT2D eigenvalue weighted by Crippen LogP contribution is 2.23. The maximum absolute atomic E-state index is 5.98. The molecule has 2 aromatic heterocycles. The van der Waals surface area contributed by atoms with Gasteiger partial charge in [-0.1, -0.05) is 0 Å². The lowest BCUT2D eigenvalue weighted by Gasteiger charge is -2.16. The Bertz CT molecular complexity index is 598. The van der Waals surface area contributed by atoms with Crippen molar-refractivity contribution in [3.05, 3.63) is 18.3 Å². The van der Waals surface area contributed by atoms with E-state index in [1.165, 1.54) is 0 Å². The number of methoxy groups -OCH3 is 1. The monoisotopic (exact) mass is 290 g/mol. The van der Waals surface area contributed by atoms with Crippen LogP contribution in [0.5, 0.6) is 0 Å². The largest absolute Gasteiger partial charge is 0.383 e. The van der Waals surface area contributed by atoms with E-state index < -0.39 is 0 Å². The zero-order valence-corrected chi connectivity index (χ0v) is 12.2. The van der Waals surface area contributed by atoms with Crippen molar-refractivity contribution in [1.29, 1.82) is 0 Å². The van der Waals surface area contributed by atoms with Crippen LogP contribution in [0.3, 0.4) is 0 Å². The fraction of sp³-hybridized carbons (Fsp3) is 0.571. The van der Waals surface area contributed by atoms with Gasteiger partial charge in [0.1, 0.15) is 11.6 Å². The molecule has 0 aliphatic heterocycles. The van der Waals surface area contributed by atoms with Gasteiger partial charge in [-0.3, -0.25) is 0 Å². The molecule has 0 amide bonds. The lowest BCUT2D eigenvalue weighted by molar-refractivity contribution is 0.210. The summed E-state index contributed by atoms with van der Waals surface area (Å²) < 4.78 is 6.87. The maximum Gasteiger partial charge on any atom is 0.159 e. The standard InChI is InChI=1S/C14H22N6O/c1-21-7-6-16-12-9-14(18-11-3-2-10(15)8-11)20-13(19-12)4-5-17-20/h4-5,9-11,18H,2-3,6-8,15H2,1H3,(H,16,19)/t10-,11-/m0/s1. The minimum atomic E-state index is 0.303. The van der Waals surface area contributed by atoms with Gasteiger partial charge < -0.3 is 21.1 Å². The van der Waals surface area contributed by atoms with Crippen LogP contribution in [0.2, 0.25) is 0 Å². The van der Waals surface area contributed by atoms with E-state index in [0.717, 1.165) is 43.1 Å². The molecule has 4 N–H and O–H groups in total. The van der Waals surface area contributed by atoms with Gasteiger partial charge in [0, 0.05) is 37.9 Å². The summed E-state index contributed by atoms with van der Waals surface area (Å²) in [6, 6.07) is 4.59. The lowest BCUT2D eigenvalue weighted by Crippen LogP contribution is -2.22. The third kappa shape index (κ3) is 3.25. The maximum atomic E-state index is 5.98. The van der Waals surface area contributed by atoms with Gasteiger partial charge in [-0.05, 0) is 19.3 Å². The molecule has 0 radical (unpaired) electrons. The molecule has 0 bridgehead atoms. The van der Waals surface area contributed by atoms with Crippen molar-refractivity contribution >= 4 is 17.3 Å². The van der Waals surface area contributed by atoms with Crippen molar-refractivity contribution < 1.29 is 4.74 Å². The smallest absolute Gasteiger partial charge is 0.159 e. The van der Waals surface area contributed by atoms with Gasteiger partial charge in [-0.15, -0.1) is 0 Å². The highest BCUT2D eigenvalue weighted by Gasteiger charge is 2.22. The van der Waals surface area contributed by atoms with E-state index in [2.05, 4.69) is 20.7 Å². The molecule has 2 aromatic rings. The summed E-state index contributed by atoms with van der Waals surface area (Å²) in [4.78, 5) is 4.53. The topological polar surface area (TPSA) is 89.5 Å². The highest BCUT2D eigenvalue weighted by molar-refractivity contribution is 5.57. The number of rotatable bonds is 6. The Labute approximate surface area is 123 Å². The van der Waals surface area contributed by atoms with Gasteiger partial charge in [0.05, 0.1) is 12.8 Å². The van der Waals surface area contributed by atoms with Crippen molar-refractivity contribution in [2.45, 2.75) is 31.3 Å². The van der Waals surface area contributed by atoms with E-state index in [1.54, 1.807) is 13.3 Å². The average molecular weight is 290 g/mol. The normalized spacial score (nSPS) is 21.8. The van der Waals surface area contributed by atoms with Crippen molar-refractivity contribution in [2.24, 2.45) is 5.73 Å². The van der Waals surface area contributed by atoms with Gasteiger partial charge in [0.25, 0.3) is 0 Å². The van der Waals surface area contributed by atoms with Crippen LogP contribution in [0.15, 0.2) is 18.3 Å². The molecule has 7 nitrogen and oxygen atoms in total. The van der Waals surface area contributed by atoms with Gasteiger partial charge >= 0.3 is 0 Å². The Morgan fingerprint density at radius 3 is 3.14 bits per heavy atom. The summed E-state index contributed by atoms with van der Waals surface area (Å²) in [6.45, 7) is 1.37. The van der Waals surface area contributed by atoms with Crippen molar-refractivity contribution in [3.8, 4) is 0 Å². The Hall–Kier alpha value is -1.86. The van der Waals surface area contributed by atoms with Crippen molar-refractivity contribution in [2.75, 3.05) is 30.9 Å². The molecular formula is C14H22N6O. The number of hydrogen-bond acceptors (Lipinski definition) is 6. The highest BCUT2D eigenvalue weighted by atomic mass is 16.5. The van der Waals surface area contributed by atoms with Gasteiger partial charge in [0.15, 0.2) is 5.65 Å². The van der Waals surface area contributed by atoms with Gasteiger partial charge in [0.2, 0.25) is 0 Å². The van der Waals surface area contributed by atoms with Gasteiger partial charge in [-0.25, -0.2) is 4.98 Å². The number of anilines is 2. The SMILES string of the molecule is COCCNc1cc(N[C@H]2CC[C@H](N)C2)n2nccc2n1. The van der Waals surface area contributed by atoms with Crippen LogP contribution in [0, 0.1) is 0 Å². The van der Waals surface area contributed by atoms with E-state index in [9.17, 15) is 0 Å². The average Bonchev–Trinajstić information content (AvgIpc) is 3.08. The fourth-order valence-electron chi connectivity index (χ4n) is 2.74. The molecule has 3 rings (SSSR count). The molecule has 21 heavy (non-hydrogen) atoms. The molecule has 2 atom stereocenters. The third-order valence-corrected chi connectivity index (χ3v) is 3.80. The zero-order chi connectivity index (χ0) is 14.7. The summed E-state index contributed by atoms with van der Waals surface area (Å²) in [6.07, 6.45) is 4.92. The number of nitrogens with zero attached hydrogens (tertiary/aromatic N) is 3. The molecule has 114 valence electrons. The van der Waals surface area contributed by atoms with Crippen LogP contribution in [0.25, 0.3) is 5.65 Å². The van der Waals surface area contributed by atoms with E-state index >= 15 is 0 Å². The van der Waals surface area contributed by atoms with Crippen LogP contribution >= 0.6 is 0 Å². The quantitative estimate of drug-likeness (QED) is 0.690. The van der Waals surface area contributed by atoms with E-state index in [-0.39, 0.29) is 0 Å². The summed E-state index contributed by atoms with van der Waals surface area (Å²) in [7, 11) is 1.69. The number of fused-ring (bicyclic) bond motifs is 1. The van der Waals surface area contributed by atoms with Crippen molar-refractivity contribution in [3.63, 3.8) is 0 Å². The predicted molar refractivity (Wildman–Crippen MR) is 82.6 cm³/mol. The van der Waals surface area contributed by atoms with E-state index in [0.29, 0.717) is 18.7 Å². The van der Waals surface area contributed by atoms with Crippen LogP contribution in [-0.2, 0) is 4.74 Å². The molecule has 2 heterocycles. The summed E-state index contributed by atoms with van der Waals surface area (Å²) >= 11 is 0. The number of hydrogen-bond donors (Lipinski definition) is 3. The Balaban J connectivity index is 1.79. The molecule has 0 unspecified atom stereocenters. The Morgan fingerprint density at radius 2 is 2.38 bits per heavy atom. The first-order chi connectivity index (χ1) is 10.3. The number of aromatic nitrogens is 3. The minimum Gasteiger partial charge on any atom is -0.383 e. The number of ether oxygens (including phenoxy) is 1. The fourth-order valence-corrected chi connectivity index (χ4v) is 2.74. The summed E-state index contributed by atoms with van der Waals surface area (Å²) in [5.41, 5.74) is 6.80. The number of nitrogens with one attached hydrogen (secondary N) is 2. The zero-order valence-electron chi connectivity index (χ0n) is 12.2. The minimum absolute atomic E-state index is 0.303. The second kappa shape index (κ2) is 6.28. The molecule has 7 heteroatoms. The first-order valence-corrected chi connectivity index (χ1v) is 7.36. The second-order valence-corrected chi connectivity index (χ2v) is 5.46. The Morgan fingerprint density at radius 1 is 1.48 bits per heavy atom. The molecule has 1 saturated carbocycles. The summed E-state index contributed by atoms with van der Waals surface area (Å²) in [5, 5.41) is 11.1. The first-order valence-electron chi connectivity index (χ1n) is 7.36. The summed E-state index contributed by atoms with van der Waals surface area (Å²) in [5.74, 6) is 1.77. The lowest BCUT2D eigenvalue weighted by atomic mass is 10.2. The van der Waals surface area contributed by atoms with Crippen LogP contribution in [0.1, 0.15) is 19.3 Å². The van der Waals surface area contributed by atoms with Crippen LogP contribution in [0.4, 0.5) is 11.6 Å². The molecule has 1 fully saturated rings. The third-order valence-electron chi connectivity index (χ3n) is 3.80. The molecule has 1 aliphatic carbocycles. The second-order valence-electron chi connectivity index (χ2n) is 5.46. The van der Waals surface area contributed by atoms with Crippen molar-refractivity contribution in [1.82, 2.24) is 14.6 Å². The van der Waals surface area contributed by atoms with E-state index in [4.69, 9.17) is 10.5 Å². The predicted octanol–water partition coefficient (Wildman–Crippen LogP) is 1.08. The van der Waals surface area contributed by atoms with E-state index in [1.807, 2.05) is 16.6 Å². The molecule has 0 aromatic carbocycles. The molecule has 0 spiro atoms. The Kier molecular flexibility index (Phi) is 4.21. The molecule has 1 aliphatic rings.